The van der Waals surface area contributed by atoms with Crippen LogP contribution in [0, 0.1) is 11.8 Å². The SMILES string of the molecule is COc1cc2c(cc1OC)[C@H]1c3cc(OC)c(OC)c(OC)c3OC[C@H]1[C@H](CO)C2. The van der Waals surface area contributed by atoms with Gasteiger partial charge in [-0.1, -0.05) is 0 Å². The van der Waals surface area contributed by atoms with Crippen molar-refractivity contribution in [2.75, 3.05) is 48.8 Å². The summed E-state index contributed by atoms with van der Waals surface area (Å²) in [5.74, 6) is 3.76. The fourth-order valence-corrected chi connectivity index (χ4v) is 4.88. The van der Waals surface area contributed by atoms with Crippen molar-refractivity contribution in [3.05, 3.63) is 34.9 Å². The molecule has 0 bridgehead atoms. The lowest BCUT2D eigenvalue weighted by atomic mass is 9.65. The van der Waals surface area contributed by atoms with Gasteiger partial charge in [-0.2, -0.15) is 0 Å². The normalized spacial score (nSPS) is 21.5. The monoisotopic (exact) mass is 416 g/mol. The van der Waals surface area contributed by atoms with E-state index in [0.717, 1.165) is 23.1 Å². The Labute approximate surface area is 176 Å². The zero-order valence-electron chi connectivity index (χ0n) is 18.0. The van der Waals surface area contributed by atoms with Gasteiger partial charge in [0.1, 0.15) is 0 Å². The van der Waals surface area contributed by atoms with Gasteiger partial charge in [0, 0.05) is 24.0 Å². The molecular formula is C23H28O7. The summed E-state index contributed by atoms with van der Waals surface area (Å²) in [7, 11) is 8.03. The minimum atomic E-state index is -0.0110. The van der Waals surface area contributed by atoms with Gasteiger partial charge in [-0.05, 0) is 41.7 Å². The molecule has 0 spiro atoms. The highest BCUT2D eigenvalue weighted by Crippen LogP contribution is 2.57. The summed E-state index contributed by atoms with van der Waals surface area (Å²) in [6.07, 6.45) is 0.747. The standard InChI is InChI=1S/C23H28O7/c1-25-17-7-12-6-13(10-24)16-11-30-21-15(20(16)14(12)8-18(17)26-2)9-19(27-3)22(28-4)23(21)29-5/h7-9,13,16,20,24H,6,10-11H2,1-5H3/t13-,16-,20-/m0/s1. The van der Waals surface area contributed by atoms with Gasteiger partial charge in [0.05, 0.1) is 42.2 Å². The molecule has 0 saturated heterocycles. The van der Waals surface area contributed by atoms with Crippen LogP contribution in [0.5, 0.6) is 34.5 Å². The Morgan fingerprint density at radius 3 is 2.07 bits per heavy atom. The van der Waals surface area contributed by atoms with Gasteiger partial charge < -0.3 is 33.5 Å². The van der Waals surface area contributed by atoms with Crippen LogP contribution in [0.1, 0.15) is 22.6 Å². The number of aliphatic hydroxyl groups is 1. The third kappa shape index (κ3) is 2.99. The van der Waals surface area contributed by atoms with Crippen molar-refractivity contribution >= 4 is 0 Å². The van der Waals surface area contributed by atoms with Crippen LogP contribution in [-0.4, -0.2) is 53.9 Å². The fraction of sp³-hybridized carbons (Fsp3) is 0.478. The number of aliphatic hydroxyl groups excluding tert-OH is 1. The van der Waals surface area contributed by atoms with Crippen molar-refractivity contribution in [2.45, 2.75) is 12.3 Å². The van der Waals surface area contributed by atoms with Crippen molar-refractivity contribution in [3.8, 4) is 34.5 Å². The molecule has 0 saturated carbocycles. The molecule has 1 heterocycles. The molecule has 0 fully saturated rings. The van der Waals surface area contributed by atoms with E-state index < -0.39 is 0 Å². The summed E-state index contributed by atoms with van der Waals surface area (Å²) in [5, 5.41) is 10.1. The van der Waals surface area contributed by atoms with Crippen LogP contribution in [0.2, 0.25) is 0 Å². The molecule has 30 heavy (non-hydrogen) atoms. The number of rotatable bonds is 6. The fourth-order valence-electron chi connectivity index (χ4n) is 4.88. The first-order valence-electron chi connectivity index (χ1n) is 9.93. The summed E-state index contributed by atoms with van der Waals surface area (Å²) in [6, 6.07) is 6.01. The second kappa shape index (κ2) is 8.14. The van der Waals surface area contributed by atoms with Crippen molar-refractivity contribution in [3.63, 3.8) is 0 Å². The molecule has 7 heteroatoms. The van der Waals surface area contributed by atoms with E-state index in [0.29, 0.717) is 41.1 Å². The van der Waals surface area contributed by atoms with Gasteiger partial charge in [-0.3, -0.25) is 0 Å². The summed E-state index contributed by atoms with van der Waals surface area (Å²) >= 11 is 0. The highest BCUT2D eigenvalue weighted by Gasteiger charge is 2.44. The van der Waals surface area contributed by atoms with E-state index in [9.17, 15) is 5.11 Å². The maximum atomic E-state index is 10.1. The molecule has 2 aliphatic rings. The molecule has 0 aromatic heterocycles. The number of fused-ring (bicyclic) bond motifs is 5. The maximum Gasteiger partial charge on any atom is 0.207 e. The third-order valence-electron chi connectivity index (χ3n) is 6.30. The van der Waals surface area contributed by atoms with E-state index in [4.69, 9.17) is 28.4 Å². The van der Waals surface area contributed by atoms with Crippen LogP contribution < -0.4 is 28.4 Å². The molecule has 4 rings (SSSR count). The van der Waals surface area contributed by atoms with Crippen LogP contribution in [-0.2, 0) is 6.42 Å². The van der Waals surface area contributed by atoms with E-state index in [1.807, 2.05) is 18.2 Å². The quantitative estimate of drug-likeness (QED) is 0.776. The Balaban J connectivity index is 1.97. The highest BCUT2D eigenvalue weighted by molar-refractivity contribution is 5.66. The van der Waals surface area contributed by atoms with Crippen LogP contribution in [0.3, 0.4) is 0 Å². The van der Waals surface area contributed by atoms with Gasteiger partial charge in [0.25, 0.3) is 0 Å². The van der Waals surface area contributed by atoms with Gasteiger partial charge >= 0.3 is 0 Å². The van der Waals surface area contributed by atoms with E-state index in [-0.39, 0.29) is 24.4 Å². The third-order valence-corrected chi connectivity index (χ3v) is 6.30. The van der Waals surface area contributed by atoms with Crippen LogP contribution in [0.15, 0.2) is 18.2 Å². The van der Waals surface area contributed by atoms with Crippen molar-refractivity contribution < 1.29 is 33.5 Å². The zero-order chi connectivity index (χ0) is 21.4. The Bertz CT molecular complexity index is 940. The van der Waals surface area contributed by atoms with E-state index in [2.05, 4.69) is 0 Å². The van der Waals surface area contributed by atoms with Crippen LogP contribution in [0.25, 0.3) is 0 Å². The minimum Gasteiger partial charge on any atom is -0.493 e. The average molecular weight is 416 g/mol. The smallest absolute Gasteiger partial charge is 0.207 e. The first kappa shape index (κ1) is 20.5. The maximum absolute atomic E-state index is 10.1. The largest absolute Gasteiger partial charge is 0.493 e. The molecular weight excluding hydrogens is 388 g/mol. The first-order chi connectivity index (χ1) is 14.6. The molecule has 7 nitrogen and oxygen atoms in total. The lowest BCUT2D eigenvalue weighted by Crippen LogP contribution is -2.39. The van der Waals surface area contributed by atoms with Crippen molar-refractivity contribution in [1.29, 1.82) is 0 Å². The molecule has 0 amide bonds. The van der Waals surface area contributed by atoms with Crippen molar-refractivity contribution in [2.24, 2.45) is 11.8 Å². The Morgan fingerprint density at radius 2 is 1.47 bits per heavy atom. The minimum absolute atomic E-state index is 0.0110. The summed E-state index contributed by atoms with van der Waals surface area (Å²) in [4.78, 5) is 0. The molecule has 2 aromatic carbocycles. The molecule has 1 N–H and O–H groups in total. The number of benzene rings is 2. The molecule has 2 aromatic rings. The predicted octanol–water partition coefficient (Wildman–Crippen LogP) is 3.03. The van der Waals surface area contributed by atoms with Crippen LogP contribution >= 0.6 is 0 Å². The van der Waals surface area contributed by atoms with Gasteiger partial charge in [-0.25, -0.2) is 0 Å². The number of methoxy groups -OCH3 is 5. The Hall–Kier alpha value is -2.80. The molecule has 162 valence electrons. The first-order valence-corrected chi connectivity index (χ1v) is 9.93. The number of hydrogen-bond acceptors (Lipinski definition) is 7. The highest BCUT2D eigenvalue weighted by atomic mass is 16.5. The predicted molar refractivity (Wildman–Crippen MR) is 111 cm³/mol. The zero-order valence-corrected chi connectivity index (χ0v) is 18.0. The lowest BCUT2D eigenvalue weighted by Gasteiger charge is -2.43. The van der Waals surface area contributed by atoms with Gasteiger partial charge in [-0.15, -0.1) is 0 Å². The van der Waals surface area contributed by atoms with Crippen molar-refractivity contribution in [1.82, 2.24) is 0 Å². The summed E-state index contributed by atoms with van der Waals surface area (Å²) in [6.45, 7) is 0.556. The average Bonchev–Trinajstić information content (AvgIpc) is 2.80. The van der Waals surface area contributed by atoms with E-state index >= 15 is 0 Å². The second-order valence-electron chi connectivity index (χ2n) is 7.57. The molecule has 1 aliphatic carbocycles. The molecule has 0 radical (unpaired) electrons. The Morgan fingerprint density at radius 1 is 0.833 bits per heavy atom. The molecule has 0 unspecified atom stereocenters. The summed E-state index contributed by atoms with van der Waals surface area (Å²) in [5.41, 5.74) is 3.23. The molecule has 1 aliphatic heterocycles. The second-order valence-corrected chi connectivity index (χ2v) is 7.57. The van der Waals surface area contributed by atoms with E-state index in [1.165, 1.54) is 0 Å². The Kier molecular flexibility index (Phi) is 5.56. The lowest BCUT2D eigenvalue weighted by molar-refractivity contribution is 0.0932. The number of hydrogen-bond donors (Lipinski definition) is 1. The molecule has 3 atom stereocenters. The van der Waals surface area contributed by atoms with Crippen LogP contribution in [0.4, 0.5) is 0 Å². The number of ether oxygens (including phenoxy) is 6. The summed E-state index contributed by atoms with van der Waals surface area (Å²) < 4.78 is 34.0. The van der Waals surface area contributed by atoms with Gasteiger partial charge in [0.15, 0.2) is 23.0 Å². The topological polar surface area (TPSA) is 75.6 Å². The van der Waals surface area contributed by atoms with Gasteiger partial charge in [0.2, 0.25) is 11.5 Å². The van der Waals surface area contributed by atoms with E-state index in [1.54, 1.807) is 35.5 Å².